The van der Waals surface area contributed by atoms with Crippen LogP contribution in [0.15, 0.2) is 165 Å². The maximum absolute atomic E-state index is 15.1. The summed E-state index contributed by atoms with van der Waals surface area (Å²) < 4.78 is 166. The molecule has 0 N–H and O–H groups in total. The van der Waals surface area contributed by atoms with Gasteiger partial charge in [-0.3, -0.25) is 0 Å². The summed E-state index contributed by atoms with van der Waals surface area (Å²) in [5.41, 5.74) is -15.9. The molecule has 0 fully saturated rings. The summed E-state index contributed by atoms with van der Waals surface area (Å²) in [4.78, 5) is 57.0. The molecule has 2 unspecified atom stereocenters. The molecule has 22 heteroatoms. The number of halogens is 8. The number of carbonyl (C=O) groups excluding carboxylic acids is 4. The van der Waals surface area contributed by atoms with Crippen LogP contribution in [0.4, 0.5) is 26.3 Å². The second kappa shape index (κ2) is 19.6. The van der Waals surface area contributed by atoms with Crippen LogP contribution in [0.1, 0.15) is 65.2 Å². The molecule has 402 valence electrons. The molecule has 6 aromatic carbocycles. The molecule has 12 nitrogen and oxygen atoms in total. The topological polar surface area (TPSA) is 173 Å². The zero-order chi connectivity index (χ0) is 56.1. The number of ketones is 2. The number of fused-ring (bicyclic) bond motifs is 4. The number of hydrogen-bond donors (Lipinski definition) is 0. The van der Waals surface area contributed by atoms with Gasteiger partial charge in [0.1, 0.15) is 0 Å². The van der Waals surface area contributed by atoms with Crippen molar-refractivity contribution < 1.29 is 76.9 Å². The van der Waals surface area contributed by atoms with Crippen molar-refractivity contribution in [2.45, 2.75) is 49.9 Å². The summed E-state index contributed by atoms with van der Waals surface area (Å²) in [6.07, 6.45) is 4.68. The van der Waals surface area contributed by atoms with E-state index in [-0.39, 0.29) is 85.0 Å². The number of aryl methyl sites for hydroxylation is 4. The maximum atomic E-state index is 15.1. The van der Waals surface area contributed by atoms with Crippen LogP contribution in [0.25, 0.3) is 22.3 Å². The Hall–Kier alpha value is -6.58. The fraction of sp³-hybridized carbons (Fsp3) is 0.143. The summed E-state index contributed by atoms with van der Waals surface area (Å²) in [6, 6.07) is 32.8. The predicted molar refractivity (Wildman–Crippen MR) is 290 cm³/mol. The molecule has 2 aliphatic carbocycles. The summed E-state index contributed by atoms with van der Waals surface area (Å²) >= 11 is -10.5. The second-order valence-electron chi connectivity index (χ2n) is 18.1. The van der Waals surface area contributed by atoms with Crippen molar-refractivity contribution in [1.82, 2.24) is 0 Å². The molecular formula is C56H38F6I2O12S2. The predicted octanol–water partition coefficient (Wildman–Crippen LogP) is 12.7. The van der Waals surface area contributed by atoms with E-state index in [9.17, 15) is 52.8 Å². The first kappa shape index (κ1) is 54.8. The fourth-order valence-corrected chi connectivity index (χ4v) is 25.5. The minimum atomic E-state index is -6.70. The Balaban J connectivity index is 1.34. The molecule has 0 amide bonds. The average molecular weight is 1330 g/mol. The molecule has 4 aliphatic rings. The number of carbonyl (C=O) groups is 4. The molecule has 0 saturated carbocycles. The molecule has 0 radical (unpaired) electrons. The van der Waals surface area contributed by atoms with Crippen molar-refractivity contribution in [3.05, 3.63) is 228 Å². The molecule has 2 spiro atoms. The molecule has 0 aromatic heterocycles. The van der Waals surface area contributed by atoms with Gasteiger partial charge >= 0.3 is 461 Å². The van der Waals surface area contributed by atoms with E-state index in [2.05, 4.69) is 0 Å². The first-order chi connectivity index (χ1) is 36.7. The van der Waals surface area contributed by atoms with E-state index in [1.54, 1.807) is 12.1 Å². The zero-order valence-corrected chi connectivity index (χ0v) is 46.7. The molecule has 2 aliphatic heterocycles. The van der Waals surface area contributed by atoms with E-state index in [0.717, 1.165) is 12.2 Å². The third-order valence-electron chi connectivity index (χ3n) is 13.0. The molecule has 0 bridgehead atoms. The van der Waals surface area contributed by atoms with Crippen molar-refractivity contribution in [3.8, 4) is 11.1 Å². The van der Waals surface area contributed by atoms with Gasteiger partial charge in [0.25, 0.3) is 0 Å². The normalized spacial score (nSPS) is 19.6. The van der Waals surface area contributed by atoms with Gasteiger partial charge in [-0.15, -0.1) is 0 Å². The van der Waals surface area contributed by atoms with E-state index in [1.165, 1.54) is 161 Å². The van der Waals surface area contributed by atoms with Gasteiger partial charge in [-0.05, 0) is 0 Å². The van der Waals surface area contributed by atoms with Crippen molar-refractivity contribution in [2.75, 3.05) is 0 Å². The van der Waals surface area contributed by atoms with Gasteiger partial charge in [0.2, 0.25) is 0 Å². The van der Waals surface area contributed by atoms with Gasteiger partial charge < -0.3 is 0 Å². The Morgan fingerprint density at radius 2 is 0.808 bits per heavy atom. The van der Waals surface area contributed by atoms with Gasteiger partial charge in [-0.2, -0.15) is 0 Å². The molecule has 78 heavy (non-hydrogen) atoms. The molecule has 2 atom stereocenters. The van der Waals surface area contributed by atoms with Gasteiger partial charge in [0.05, 0.1) is 0 Å². The standard InChI is InChI=1S/C56H38F6I2O12S2/c1-31-27-33(3)45(41(29-31)63(75-77(69,70)55(57,58)59)49-47(35-15-7-5-8-16-35)53(73-51(49)67)25-23-43(65)37-19-11-13-21-39(37)53)46-34(4)28-32(2)30-42(46)64(76-78(71,72)56(60,61)62)50-48(36-17-9-6-10-18-36)54(74-52(50)68)26-24-44(66)38-20-12-14-22-40(38)54/h5-30H,1-4H3. The minimum absolute atomic E-state index is 0.0410. The first-order valence-electron chi connectivity index (χ1n) is 23.1. The van der Waals surface area contributed by atoms with Crippen LogP contribution in [-0.2, 0) is 55.5 Å². The van der Waals surface area contributed by atoms with Crippen molar-refractivity contribution in [2.24, 2.45) is 0 Å². The van der Waals surface area contributed by atoms with E-state index < -0.39 is 114 Å². The van der Waals surface area contributed by atoms with Gasteiger partial charge in [0.15, 0.2) is 0 Å². The summed E-state index contributed by atoms with van der Waals surface area (Å²) in [7, 11) is -13.4. The van der Waals surface area contributed by atoms with Gasteiger partial charge in [-0.1, -0.05) is 0 Å². The van der Waals surface area contributed by atoms with E-state index >= 15 is 9.59 Å². The Morgan fingerprint density at radius 3 is 1.15 bits per heavy atom. The fourth-order valence-electron chi connectivity index (χ4n) is 9.93. The first-order valence-corrected chi connectivity index (χ1v) is 32.0. The zero-order valence-electron chi connectivity index (χ0n) is 40.8. The number of rotatable bonds is 11. The molecule has 0 saturated heterocycles. The molecule has 10 rings (SSSR count). The van der Waals surface area contributed by atoms with E-state index in [0.29, 0.717) is 0 Å². The monoisotopic (exact) mass is 1330 g/mol. The van der Waals surface area contributed by atoms with Crippen LogP contribution in [-0.4, -0.2) is 51.4 Å². The average Bonchev–Trinajstić information content (AvgIpc) is 3.92. The van der Waals surface area contributed by atoms with Gasteiger partial charge in [-0.25, -0.2) is 0 Å². The number of hydrogen-bond acceptors (Lipinski definition) is 12. The van der Waals surface area contributed by atoms with Gasteiger partial charge in [0, 0.05) is 0 Å². The van der Waals surface area contributed by atoms with Crippen LogP contribution in [0.2, 0.25) is 0 Å². The van der Waals surface area contributed by atoms with Crippen LogP contribution in [0.3, 0.4) is 0 Å². The Morgan fingerprint density at radius 1 is 0.474 bits per heavy atom. The number of alkyl halides is 6. The van der Waals surface area contributed by atoms with Crippen LogP contribution in [0.5, 0.6) is 0 Å². The third kappa shape index (κ3) is 9.06. The van der Waals surface area contributed by atoms with Crippen molar-refractivity contribution >= 4 is 95.4 Å². The summed E-state index contributed by atoms with van der Waals surface area (Å²) in [5.74, 6) is -3.71. The summed E-state index contributed by atoms with van der Waals surface area (Å²) in [6.45, 7) is 5.92. The number of allylic oxidation sites excluding steroid dienone is 2. The van der Waals surface area contributed by atoms with Crippen LogP contribution >= 0.6 is 40.5 Å². The Bertz CT molecular complexity index is 3710. The molecular weight excluding hydrogens is 1300 g/mol. The SMILES string of the molecule is Cc1cc(C)c(-c2c(C)cc(C)cc2I(OS(=O)(=O)C(F)(F)F)C2=C(c3ccccc3)C3(C=CC(=O)c4ccccc43)OC2=O)c(I(OS(=O)(=O)C(F)(F)F)C2=C(c3ccccc3)C3(C=CC(=O)c4ccccc43)OC2=O)c1. The number of esters is 2. The van der Waals surface area contributed by atoms with E-state index in [1.807, 2.05) is 0 Å². The summed E-state index contributed by atoms with van der Waals surface area (Å²) in [5, 5.41) is 0. The number of benzene rings is 6. The second-order valence-corrected chi connectivity index (χ2v) is 30.6. The number of ether oxygens (including phenoxy) is 2. The van der Waals surface area contributed by atoms with Crippen LogP contribution in [0, 0.1) is 34.8 Å². The quantitative estimate of drug-likeness (QED) is 0.0521. The van der Waals surface area contributed by atoms with Crippen molar-refractivity contribution in [1.29, 1.82) is 0 Å². The van der Waals surface area contributed by atoms with E-state index in [4.69, 9.17) is 14.5 Å². The Kier molecular flexibility index (Phi) is 13.8. The van der Waals surface area contributed by atoms with Crippen LogP contribution < -0.4 is 0 Å². The Labute approximate surface area is 457 Å². The molecule has 6 aromatic rings. The van der Waals surface area contributed by atoms with Crippen molar-refractivity contribution in [3.63, 3.8) is 0 Å². The molecule has 2 heterocycles. The third-order valence-corrected chi connectivity index (χ3v) is 27.4.